The van der Waals surface area contributed by atoms with Gasteiger partial charge in [-0.3, -0.25) is 4.79 Å². The number of amides is 1. The number of halogens is 1. The van der Waals surface area contributed by atoms with Gasteiger partial charge < -0.3 is 11.1 Å². The minimum absolute atomic E-state index is 0.0121. The maximum absolute atomic E-state index is 12.2. The lowest BCUT2D eigenvalue weighted by atomic mass is 9.94. The number of hydrogen-bond acceptors (Lipinski definition) is 3. The van der Waals surface area contributed by atoms with Crippen molar-refractivity contribution in [2.24, 2.45) is 11.7 Å². The molecule has 1 heterocycles. The molecule has 1 aromatic rings. The molecule has 98 valence electrons. The summed E-state index contributed by atoms with van der Waals surface area (Å²) in [4.78, 5) is 16.3. The first kappa shape index (κ1) is 13.5. The van der Waals surface area contributed by atoms with Crippen molar-refractivity contribution in [2.45, 2.75) is 38.1 Å². The van der Waals surface area contributed by atoms with E-state index in [1.165, 1.54) is 6.42 Å². The molecule has 1 aliphatic rings. The fraction of sp³-hybridized carbons (Fsp3) is 0.538. The first-order chi connectivity index (χ1) is 8.68. The Morgan fingerprint density at radius 3 is 2.94 bits per heavy atom. The highest BCUT2D eigenvalue weighted by Crippen LogP contribution is 2.25. The summed E-state index contributed by atoms with van der Waals surface area (Å²) in [7, 11) is 0. The van der Waals surface area contributed by atoms with E-state index in [0.29, 0.717) is 10.3 Å². The van der Waals surface area contributed by atoms with Crippen LogP contribution in [0.5, 0.6) is 0 Å². The van der Waals surface area contributed by atoms with Gasteiger partial charge in [-0.15, -0.1) is 0 Å². The Bertz CT molecular complexity index is 424. The number of carbonyl (C=O) groups is 1. The minimum Gasteiger partial charge on any atom is -0.327 e. The van der Waals surface area contributed by atoms with Crippen molar-refractivity contribution >= 4 is 27.5 Å². The van der Waals surface area contributed by atoms with Crippen molar-refractivity contribution in [1.29, 1.82) is 0 Å². The van der Waals surface area contributed by atoms with E-state index >= 15 is 0 Å². The SMILES string of the molecule is NC1CCCCCC1C(=O)Nc1cccnc1Br. The number of rotatable bonds is 2. The fourth-order valence-electron chi connectivity index (χ4n) is 2.37. The summed E-state index contributed by atoms with van der Waals surface area (Å²) >= 11 is 3.32. The summed E-state index contributed by atoms with van der Waals surface area (Å²) < 4.78 is 0.653. The summed E-state index contributed by atoms with van der Waals surface area (Å²) in [5, 5.41) is 2.91. The van der Waals surface area contributed by atoms with Gasteiger partial charge in [-0.2, -0.15) is 0 Å². The van der Waals surface area contributed by atoms with Crippen LogP contribution in [0.4, 0.5) is 5.69 Å². The molecule has 1 aliphatic carbocycles. The molecule has 4 nitrogen and oxygen atoms in total. The lowest BCUT2D eigenvalue weighted by molar-refractivity contribution is -0.120. The molecule has 1 fully saturated rings. The Hall–Kier alpha value is -0.940. The van der Waals surface area contributed by atoms with Gasteiger partial charge in [-0.1, -0.05) is 19.3 Å². The van der Waals surface area contributed by atoms with Crippen LogP contribution in [-0.4, -0.2) is 16.9 Å². The molecule has 3 N–H and O–H groups in total. The number of anilines is 1. The largest absolute Gasteiger partial charge is 0.327 e. The van der Waals surface area contributed by atoms with Crippen LogP contribution in [0.15, 0.2) is 22.9 Å². The van der Waals surface area contributed by atoms with Crippen molar-refractivity contribution in [1.82, 2.24) is 4.98 Å². The van der Waals surface area contributed by atoms with Crippen LogP contribution in [0.3, 0.4) is 0 Å². The minimum atomic E-state index is -0.0837. The number of carbonyl (C=O) groups excluding carboxylic acids is 1. The molecule has 2 rings (SSSR count). The Balaban J connectivity index is 2.04. The van der Waals surface area contributed by atoms with E-state index in [4.69, 9.17) is 5.73 Å². The van der Waals surface area contributed by atoms with E-state index in [-0.39, 0.29) is 17.9 Å². The van der Waals surface area contributed by atoms with Crippen LogP contribution in [0, 0.1) is 5.92 Å². The number of hydrogen-bond donors (Lipinski definition) is 2. The standard InChI is InChI=1S/C13H18BrN3O/c14-12-11(7-4-8-16-12)17-13(18)9-5-2-1-3-6-10(9)15/h4,7-10H,1-3,5-6,15H2,(H,17,18). The van der Waals surface area contributed by atoms with Crippen LogP contribution in [0.1, 0.15) is 32.1 Å². The Morgan fingerprint density at radius 1 is 1.39 bits per heavy atom. The Kier molecular flexibility index (Phi) is 4.72. The molecular formula is C13H18BrN3O. The molecule has 1 saturated carbocycles. The number of nitrogens with zero attached hydrogens (tertiary/aromatic N) is 1. The van der Waals surface area contributed by atoms with Gasteiger partial charge in [0.2, 0.25) is 5.91 Å². The zero-order valence-electron chi connectivity index (χ0n) is 10.2. The molecule has 2 unspecified atom stereocenters. The normalized spacial score (nSPS) is 24.3. The van der Waals surface area contributed by atoms with Gasteiger partial charge >= 0.3 is 0 Å². The van der Waals surface area contributed by atoms with Crippen molar-refractivity contribution in [3.8, 4) is 0 Å². The first-order valence-electron chi connectivity index (χ1n) is 6.35. The van der Waals surface area contributed by atoms with Gasteiger partial charge in [0.25, 0.3) is 0 Å². The molecule has 0 saturated heterocycles. The van der Waals surface area contributed by atoms with Crippen LogP contribution in [0.2, 0.25) is 0 Å². The first-order valence-corrected chi connectivity index (χ1v) is 7.15. The van der Waals surface area contributed by atoms with Gasteiger partial charge in [-0.05, 0) is 40.9 Å². The highest BCUT2D eigenvalue weighted by molar-refractivity contribution is 9.10. The molecular weight excluding hydrogens is 294 g/mol. The highest BCUT2D eigenvalue weighted by atomic mass is 79.9. The fourth-order valence-corrected chi connectivity index (χ4v) is 2.72. The third-order valence-electron chi connectivity index (χ3n) is 3.42. The predicted molar refractivity (Wildman–Crippen MR) is 75.1 cm³/mol. The predicted octanol–water partition coefficient (Wildman–Crippen LogP) is 2.69. The van der Waals surface area contributed by atoms with Gasteiger partial charge in [-0.25, -0.2) is 4.98 Å². The highest BCUT2D eigenvalue weighted by Gasteiger charge is 2.27. The third kappa shape index (κ3) is 3.29. The lowest BCUT2D eigenvalue weighted by Gasteiger charge is -2.20. The zero-order valence-corrected chi connectivity index (χ0v) is 11.8. The molecule has 5 heteroatoms. The molecule has 0 spiro atoms. The van der Waals surface area contributed by atoms with Crippen molar-refractivity contribution in [3.05, 3.63) is 22.9 Å². The second-order valence-electron chi connectivity index (χ2n) is 4.74. The average Bonchev–Trinajstić information content (AvgIpc) is 2.57. The summed E-state index contributed by atoms with van der Waals surface area (Å²) in [5.41, 5.74) is 6.79. The van der Waals surface area contributed by atoms with E-state index in [1.54, 1.807) is 12.3 Å². The Labute approximate surface area is 115 Å². The van der Waals surface area contributed by atoms with Crippen LogP contribution >= 0.6 is 15.9 Å². The van der Waals surface area contributed by atoms with Gasteiger partial charge in [0, 0.05) is 12.2 Å². The number of pyridine rings is 1. The van der Waals surface area contributed by atoms with Gasteiger partial charge in [0.05, 0.1) is 11.6 Å². The molecule has 2 atom stereocenters. The van der Waals surface area contributed by atoms with E-state index in [9.17, 15) is 4.79 Å². The van der Waals surface area contributed by atoms with E-state index in [0.717, 1.165) is 25.7 Å². The smallest absolute Gasteiger partial charge is 0.229 e. The second-order valence-corrected chi connectivity index (χ2v) is 5.49. The monoisotopic (exact) mass is 311 g/mol. The van der Waals surface area contributed by atoms with Crippen molar-refractivity contribution in [2.75, 3.05) is 5.32 Å². The lowest BCUT2D eigenvalue weighted by Crippen LogP contribution is -2.37. The third-order valence-corrected chi connectivity index (χ3v) is 4.06. The second kappa shape index (κ2) is 6.29. The van der Waals surface area contributed by atoms with Gasteiger partial charge in [0.1, 0.15) is 4.60 Å². The molecule has 0 radical (unpaired) electrons. The molecule has 0 aromatic carbocycles. The van der Waals surface area contributed by atoms with Crippen LogP contribution < -0.4 is 11.1 Å². The Morgan fingerprint density at radius 2 is 2.17 bits per heavy atom. The average molecular weight is 312 g/mol. The molecule has 18 heavy (non-hydrogen) atoms. The summed E-state index contributed by atoms with van der Waals surface area (Å²) in [6.45, 7) is 0. The maximum Gasteiger partial charge on any atom is 0.229 e. The molecule has 0 aliphatic heterocycles. The summed E-state index contributed by atoms with van der Waals surface area (Å²) in [6, 6.07) is 3.60. The van der Waals surface area contributed by atoms with Crippen molar-refractivity contribution in [3.63, 3.8) is 0 Å². The number of nitrogens with two attached hydrogens (primary N) is 1. The molecule has 1 amide bonds. The summed E-state index contributed by atoms with van der Waals surface area (Å²) in [6.07, 6.45) is 6.88. The van der Waals surface area contributed by atoms with Gasteiger partial charge in [0.15, 0.2) is 0 Å². The van der Waals surface area contributed by atoms with E-state index in [1.807, 2.05) is 6.07 Å². The zero-order chi connectivity index (χ0) is 13.0. The summed E-state index contributed by atoms with van der Waals surface area (Å²) in [5.74, 6) is -0.0716. The van der Waals surface area contributed by atoms with E-state index in [2.05, 4.69) is 26.2 Å². The number of nitrogens with one attached hydrogen (secondary N) is 1. The van der Waals surface area contributed by atoms with Crippen LogP contribution in [-0.2, 0) is 4.79 Å². The van der Waals surface area contributed by atoms with E-state index < -0.39 is 0 Å². The molecule has 1 aromatic heterocycles. The van der Waals surface area contributed by atoms with Crippen LogP contribution in [0.25, 0.3) is 0 Å². The quantitative estimate of drug-likeness (QED) is 0.652. The van der Waals surface area contributed by atoms with Crippen molar-refractivity contribution < 1.29 is 4.79 Å². The number of aromatic nitrogens is 1. The molecule has 0 bridgehead atoms. The topological polar surface area (TPSA) is 68.0 Å². The maximum atomic E-state index is 12.2.